The summed E-state index contributed by atoms with van der Waals surface area (Å²) in [5.41, 5.74) is 1.38. The van der Waals surface area contributed by atoms with Crippen LogP contribution in [-0.4, -0.2) is 21.2 Å². The molecule has 0 spiro atoms. The Hall–Kier alpha value is -2.34. The van der Waals surface area contributed by atoms with Crippen molar-refractivity contribution >= 4 is 15.7 Å². The van der Waals surface area contributed by atoms with Gasteiger partial charge >= 0.3 is 0 Å². The van der Waals surface area contributed by atoms with Gasteiger partial charge in [0.05, 0.1) is 17.7 Å². The number of sulfonamides is 1. The lowest BCUT2D eigenvalue weighted by Crippen LogP contribution is -2.19. The van der Waals surface area contributed by atoms with Crippen LogP contribution in [-0.2, 0) is 10.0 Å². The van der Waals surface area contributed by atoms with Gasteiger partial charge < -0.3 is 4.74 Å². The van der Waals surface area contributed by atoms with Crippen LogP contribution in [0, 0.1) is 0 Å². The van der Waals surface area contributed by atoms with Crippen molar-refractivity contribution in [3.63, 3.8) is 0 Å². The summed E-state index contributed by atoms with van der Waals surface area (Å²) in [7, 11) is -2.05. The number of hydrogen-bond donors (Lipinski definition) is 1. The fraction of sp³-hybridized carbons (Fsp3) is 0.133. The largest absolute Gasteiger partial charge is 0.497 e. The second-order valence-electron chi connectivity index (χ2n) is 4.33. The van der Waals surface area contributed by atoms with Crippen LogP contribution in [0.25, 0.3) is 0 Å². The number of hydrogen-bond acceptors (Lipinski definition) is 4. The van der Waals surface area contributed by atoms with Gasteiger partial charge in [-0.1, -0.05) is 18.2 Å². The van der Waals surface area contributed by atoms with Crippen LogP contribution < -0.4 is 9.57 Å². The van der Waals surface area contributed by atoms with E-state index in [9.17, 15) is 8.42 Å². The summed E-state index contributed by atoms with van der Waals surface area (Å²) in [6, 6.07) is 15.3. The number of hydrazone groups is 1. The lowest BCUT2D eigenvalue weighted by molar-refractivity contribution is 0.415. The molecule has 6 heteroatoms. The molecule has 0 aliphatic carbocycles. The highest BCUT2D eigenvalue weighted by atomic mass is 32.2. The Morgan fingerprint density at radius 3 is 2.24 bits per heavy atom. The van der Waals surface area contributed by atoms with Gasteiger partial charge in [-0.2, -0.15) is 18.4 Å². The van der Waals surface area contributed by atoms with E-state index in [1.54, 1.807) is 44.4 Å². The molecule has 0 amide bonds. The smallest absolute Gasteiger partial charge is 0.276 e. The van der Waals surface area contributed by atoms with E-state index >= 15 is 0 Å². The van der Waals surface area contributed by atoms with Crippen molar-refractivity contribution in [3.8, 4) is 5.75 Å². The molecule has 2 rings (SSSR count). The van der Waals surface area contributed by atoms with Crippen LogP contribution in [0.2, 0.25) is 0 Å². The molecule has 0 atom stereocenters. The third-order valence-electron chi connectivity index (χ3n) is 2.89. The maximum atomic E-state index is 12.0. The van der Waals surface area contributed by atoms with E-state index in [0.29, 0.717) is 5.71 Å². The van der Waals surface area contributed by atoms with Crippen molar-refractivity contribution in [1.82, 2.24) is 4.83 Å². The molecule has 0 aromatic heterocycles. The second-order valence-corrected chi connectivity index (χ2v) is 5.99. The average Bonchev–Trinajstić information content (AvgIpc) is 2.53. The lowest BCUT2D eigenvalue weighted by Gasteiger charge is -2.06. The summed E-state index contributed by atoms with van der Waals surface area (Å²) < 4.78 is 29.1. The number of rotatable bonds is 5. The van der Waals surface area contributed by atoms with E-state index in [1.807, 2.05) is 12.1 Å². The molecule has 0 aliphatic rings. The highest BCUT2D eigenvalue weighted by Gasteiger charge is 2.11. The first kappa shape index (κ1) is 15.1. The molecule has 0 saturated carbocycles. The van der Waals surface area contributed by atoms with E-state index in [1.165, 1.54) is 12.1 Å². The summed E-state index contributed by atoms with van der Waals surface area (Å²) in [4.78, 5) is 2.41. The van der Waals surface area contributed by atoms with E-state index in [0.717, 1.165) is 11.3 Å². The maximum absolute atomic E-state index is 12.0. The van der Waals surface area contributed by atoms with Crippen molar-refractivity contribution in [3.05, 3.63) is 60.2 Å². The molecule has 1 N–H and O–H groups in total. The van der Waals surface area contributed by atoms with Gasteiger partial charge in [0, 0.05) is 0 Å². The van der Waals surface area contributed by atoms with Gasteiger partial charge in [-0.15, -0.1) is 0 Å². The molecule has 0 unspecified atom stereocenters. The van der Waals surface area contributed by atoms with Gasteiger partial charge in [-0.25, -0.2) is 0 Å². The molecule has 0 saturated heterocycles. The highest BCUT2D eigenvalue weighted by Crippen LogP contribution is 2.12. The van der Waals surface area contributed by atoms with Crippen molar-refractivity contribution < 1.29 is 13.2 Å². The first-order valence-corrected chi connectivity index (χ1v) is 7.77. The zero-order valence-corrected chi connectivity index (χ0v) is 12.6. The number of ether oxygens (including phenoxy) is 1. The first-order valence-electron chi connectivity index (χ1n) is 6.28. The molecule has 0 aliphatic heterocycles. The van der Waals surface area contributed by atoms with Crippen molar-refractivity contribution in [2.24, 2.45) is 5.10 Å². The molecule has 2 aromatic carbocycles. The monoisotopic (exact) mass is 304 g/mol. The molecular weight excluding hydrogens is 288 g/mol. The van der Waals surface area contributed by atoms with Crippen molar-refractivity contribution in [1.29, 1.82) is 0 Å². The molecule has 0 bridgehead atoms. The zero-order valence-electron chi connectivity index (χ0n) is 11.8. The number of nitrogens with zero attached hydrogens (tertiary/aromatic N) is 1. The summed E-state index contributed by atoms with van der Waals surface area (Å²) in [6.45, 7) is 1.73. The fourth-order valence-electron chi connectivity index (χ4n) is 1.68. The van der Waals surface area contributed by atoms with Crippen LogP contribution in [0.5, 0.6) is 5.75 Å². The van der Waals surface area contributed by atoms with E-state index < -0.39 is 10.0 Å². The maximum Gasteiger partial charge on any atom is 0.276 e. The Balaban J connectivity index is 2.16. The average molecular weight is 304 g/mol. The topological polar surface area (TPSA) is 67.8 Å². The summed E-state index contributed by atoms with van der Waals surface area (Å²) >= 11 is 0. The van der Waals surface area contributed by atoms with Crippen LogP contribution in [0.15, 0.2) is 64.6 Å². The summed E-state index contributed by atoms with van der Waals surface area (Å²) in [5.74, 6) is 0.733. The van der Waals surface area contributed by atoms with E-state index in [-0.39, 0.29) is 4.90 Å². The quantitative estimate of drug-likeness (QED) is 0.681. The predicted octanol–water partition coefficient (Wildman–Crippen LogP) is 2.40. The summed E-state index contributed by atoms with van der Waals surface area (Å²) in [5, 5.41) is 3.94. The SMILES string of the molecule is COc1ccc(/C(C)=N/NS(=O)(=O)c2ccccc2)cc1. The Kier molecular flexibility index (Phi) is 4.59. The molecule has 0 heterocycles. The first-order chi connectivity index (χ1) is 10.0. The second kappa shape index (κ2) is 6.41. The van der Waals surface area contributed by atoms with Gasteiger partial charge in [-0.3, -0.25) is 0 Å². The Morgan fingerprint density at radius 2 is 1.67 bits per heavy atom. The summed E-state index contributed by atoms with van der Waals surface area (Å²) in [6.07, 6.45) is 0. The molecule has 2 aromatic rings. The van der Waals surface area contributed by atoms with Crippen molar-refractivity contribution in [2.45, 2.75) is 11.8 Å². The minimum atomic E-state index is -3.64. The third kappa shape index (κ3) is 3.82. The van der Waals surface area contributed by atoms with Crippen LogP contribution >= 0.6 is 0 Å². The lowest BCUT2D eigenvalue weighted by atomic mass is 10.1. The molecule has 0 radical (unpaired) electrons. The van der Waals surface area contributed by atoms with Crippen molar-refractivity contribution in [2.75, 3.05) is 7.11 Å². The minimum Gasteiger partial charge on any atom is -0.497 e. The van der Waals surface area contributed by atoms with Gasteiger partial charge in [0.15, 0.2) is 0 Å². The third-order valence-corrected chi connectivity index (χ3v) is 4.12. The standard InChI is InChI=1S/C15H16N2O3S/c1-12(13-8-10-14(20-2)11-9-13)16-17-21(18,19)15-6-4-3-5-7-15/h3-11,17H,1-2H3/b16-12+. The number of methoxy groups -OCH3 is 1. The zero-order chi connectivity index (χ0) is 15.3. The molecule has 5 nitrogen and oxygen atoms in total. The van der Waals surface area contributed by atoms with Crippen LogP contribution in [0.3, 0.4) is 0 Å². The van der Waals surface area contributed by atoms with Gasteiger partial charge in [-0.05, 0) is 48.9 Å². The van der Waals surface area contributed by atoms with Gasteiger partial charge in [0.25, 0.3) is 10.0 Å². The van der Waals surface area contributed by atoms with Gasteiger partial charge in [0.1, 0.15) is 5.75 Å². The number of nitrogens with one attached hydrogen (secondary N) is 1. The molecule has 110 valence electrons. The van der Waals surface area contributed by atoms with Crippen LogP contribution in [0.4, 0.5) is 0 Å². The minimum absolute atomic E-state index is 0.177. The predicted molar refractivity (Wildman–Crippen MR) is 82.0 cm³/mol. The van der Waals surface area contributed by atoms with E-state index in [2.05, 4.69) is 9.93 Å². The molecule has 21 heavy (non-hydrogen) atoms. The Labute approximate surface area is 124 Å². The number of benzene rings is 2. The molecular formula is C15H16N2O3S. The fourth-order valence-corrected chi connectivity index (χ4v) is 2.56. The van der Waals surface area contributed by atoms with E-state index in [4.69, 9.17) is 4.74 Å². The van der Waals surface area contributed by atoms with Crippen LogP contribution in [0.1, 0.15) is 12.5 Å². The molecule has 0 fully saturated rings. The Bertz CT molecular complexity index is 723. The Morgan fingerprint density at radius 1 is 1.05 bits per heavy atom. The van der Waals surface area contributed by atoms with Gasteiger partial charge in [0.2, 0.25) is 0 Å². The highest BCUT2D eigenvalue weighted by molar-refractivity contribution is 7.89. The normalized spacial score (nSPS) is 12.0.